The quantitative estimate of drug-likeness (QED) is 0.227. The molecule has 0 radical (unpaired) electrons. The summed E-state index contributed by atoms with van der Waals surface area (Å²) < 4.78 is 10.4. The van der Waals surface area contributed by atoms with Crippen molar-refractivity contribution < 1.29 is 19.1 Å². The van der Waals surface area contributed by atoms with Crippen LogP contribution in [0.25, 0.3) is 0 Å². The largest absolute Gasteiger partial charge is 0.461 e. The molecule has 0 amide bonds. The van der Waals surface area contributed by atoms with Crippen LogP contribution in [0.1, 0.15) is 98.3 Å². The van der Waals surface area contributed by atoms with Crippen molar-refractivity contribution in [1.29, 1.82) is 0 Å². The van der Waals surface area contributed by atoms with Crippen LogP contribution in [0, 0.1) is 0 Å². The van der Waals surface area contributed by atoms with Gasteiger partial charge in [-0.25, -0.2) is 0 Å². The first-order chi connectivity index (χ1) is 11.8. The van der Waals surface area contributed by atoms with E-state index in [0.29, 0.717) is 19.4 Å². The lowest BCUT2D eigenvalue weighted by Crippen LogP contribution is -2.23. The fourth-order valence-corrected chi connectivity index (χ4v) is 2.37. The summed E-state index contributed by atoms with van der Waals surface area (Å²) in [4.78, 5) is 23.1. The highest BCUT2D eigenvalue weighted by Crippen LogP contribution is 2.12. The lowest BCUT2D eigenvalue weighted by atomic mass is 10.1. The van der Waals surface area contributed by atoms with Crippen molar-refractivity contribution >= 4 is 11.9 Å². The van der Waals surface area contributed by atoms with Crippen molar-refractivity contribution in [2.75, 3.05) is 6.61 Å². The Bertz CT molecular complexity index is 380. The van der Waals surface area contributed by atoms with Crippen LogP contribution in [0.3, 0.4) is 0 Å². The zero-order valence-electron chi connectivity index (χ0n) is 16.8. The van der Waals surface area contributed by atoms with Crippen molar-refractivity contribution in [3.63, 3.8) is 0 Å². The van der Waals surface area contributed by atoms with Gasteiger partial charge < -0.3 is 9.47 Å². The van der Waals surface area contributed by atoms with Crippen LogP contribution in [0.2, 0.25) is 0 Å². The highest BCUT2D eigenvalue weighted by Gasteiger charge is 2.15. The molecule has 0 fully saturated rings. The van der Waals surface area contributed by atoms with Gasteiger partial charge in [-0.2, -0.15) is 0 Å². The molecule has 0 aromatic carbocycles. The van der Waals surface area contributed by atoms with Gasteiger partial charge in [0.2, 0.25) is 0 Å². The maximum Gasteiger partial charge on any atom is 0.306 e. The summed E-state index contributed by atoms with van der Waals surface area (Å²) >= 11 is 0. The van der Waals surface area contributed by atoms with E-state index < -0.39 is 5.60 Å². The SMILES string of the molecule is CCCCCC/C=C\COC(=O)CCCCCCC(=O)OC(C)(C)C. The molecule has 0 aliphatic heterocycles. The third-order valence-corrected chi connectivity index (χ3v) is 3.66. The molecule has 4 heteroatoms. The van der Waals surface area contributed by atoms with Crippen molar-refractivity contribution in [3.05, 3.63) is 12.2 Å². The van der Waals surface area contributed by atoms with Gasteiger partial charge in [0.15, 0.2) is 0 Å². The second-order valence-corrected chi connectivity index (χ2v) is 7.50. The maximum atomic E-state index is 11.6. The number of hydrogen-bond donors (Lipinski definition) is 0. The number of allylic oxidation sites excluding steroid dienone is 1. The number of hydrogen-bond acceptors (Lipinski definition) is 4. The van der Waals surface area contributed by atoms with E-state index in [-0.39, 0.29) is 11.9 Å². The number of esters is 2. The molecule has 0 aliphatic rings. The van der Waals surface area contributed by atoms with Gasteiger partial charge in [-0.1, -0.05) is 51.2 Å². The van der Waals surface area contributed by atoms with Crippen LogP contribution in [0.4, 0.5) is 0 Å². The normalized spacial score (nSPS) is 11.7. The van der Waals surface area contributed by atoms with Crippen LogP contribution < -0.4 is 0 Å². The molecule has 0 aromatic heterocycles. The molecule has 0 atom stereocenters. The maximum absolute atomic E-state index is 11.6. The van der Waals surface area contributed by atoms with Crippen molar-refractivity contribution in [2.24, 2.45) is 0 Å². The molecule has 0 bridgehead atoms. The van der Waals surface area contributed by atoms with Crippen LogP contribution in [0.15, 0.2) is 12.2 Å². The van der Waals surface area contributed by atoms with E-state index in [1.54, 1.807) is 0 Å². The summed E-state index contributed by atoms with van der Waals surface area (Å²) in [5, 5.41) is 0. The lowest BCUT2D eigenvalue weighted by molar-refractivity contribution is -0.155. The molecule has 0 N–H and O–H groups in total. The molecule has 0 saturated carbocycles. The molecule has 0 unspecified atom stereocenters. The van der Waals surface area contributed by atoms with Gasteiger partial charge in [-0.15, -0.1) is 0 Å². The highest BCUT2D eigenvalue weighted by molar-refractivity contribution is 5.70. The standard InChI is InChI=1S/C21H38O4/c1-5-6-7-8-9-12-15-18-24-19(22)16-13-10-11-14-17-20(23)25-21(2,3)4/h12,15H,5-11,13-14,16-18H2,1-4H3/b15-12-. The fourth-order valence-electron chi connectivity index (χ4n) is 2.37. The summed E-state index contributed by atoms with van der Waals surface area (Å²) in [5.74, 6) is -0.281. The van der Waals surface area contributed by atoms with Gasteiger partial charge in [0.25, 0.3) is 0 Å². The monoisotopic (exact) mass is 354 g/mol. The van der Waals surface area contributed by atoms with E-state index in [9.17, 15) is 9.59 Å². The van der Waals surface area contributed by atoms with Crippen molar-refractivity contribution in [2.45, 2.75) is 104 Å². The van der Waals surface area contributed by atoms with E-state index in [1.807, 2.05) is 26.8 Å². The van der Waals surface area contributed by atoms with Gasteiger partial charge in [0, 0.05) is 12.8 Å². The molecular weight excluding hydrogens is 316 g/mol. The first kappa shape index (κ1) is 23.7. The smallest absolute Gasteiger partial charge is 0.306 e. The lowest BCUT2D eigenvalue weighted by Gasteiger charge is -2.19. The zero-order chi connectivity index (χ0) is 19.0. The molecule has 0 saturated heterocycles. The average Bonchev–Trinajstić information content (AvgIpc) is 2.51. The van der Waals surface area contributed by atoms with E-state index in [0.717, 1.165) is 32.1 Å². The van der Waals surface area contributed by atoms with Crippen molar-refractivity contribution in [1.82, 2.24) is 0 Å². The Kier molecular flexibility index (Phi) is 14.2. The van der Waals surface area contributed by atoms with Crippen LogP contribution in [-0.4, -0.2) is 24.1 Å². The number of ether oxygens (including phenoxy) is 2. The second-order valence-electron chi connectivity index (χ2n) is 7.50. The number of carbonyl (C=O) groups excluding carboxylic acids is 2. The number of carbonyl (C=O) groups is 2. The van der Waals surface area contributed by atoms with Gasteiger partial charge in [-0.3, -0.25) is 9.59 Å². The van der Waals surface area contributed by atoms with Gasteiger partial charge in [0.05, 0.1) is 0 Å². The first-order valence-corrected chi connectivity index (χ1v) is 9.87. The Morgan fingerprint density at radius 1 is 0.800 bits per heavy atom. The highest BCUT2D eigenvalue weighted by atomic mass is 16.6. The van der Waals surface area contributed by atoms with Gasteiger partial charge in [0.1, 0.15) is 12.2 Å². The Balaban J connectivity index is 3.44. The van der Waals surface area contributed by atoms with Gasteiger partial charge in [-0.05, 0) is 46.5 Å². The Morgan fingerprint density at radius 2 is 1.40 bits per heavy atom. The number of rotatable bonds is 14. The minimum absolute atomic E-state index is 0.136. The number of unbranched alkanes of at least 4 members (excludes halogenated alkanes) is 7. The van der Waals surface area contributed by atoms with E-state index >= 15 is 0 Å². The molecule has 146 valence electrons. The first-order valence-electron chi connectivity index (χ1n) is 9.87. The third kappa shape index (κ3) is 18.9. The van der Waals surface area contributed by atoms with Gasteiger partial charge >= 0.3 is 11.9 Å². The predicted octanol–water partition coefficient (Wildman–Crippen LogP) is 5.74. The summed E-state index contributed by atoms with van der Waals surface area (Å²) in [6, 6.07) is 0. The van der Waals surface area contributed by atoms with Crippen LogP contribution >= 0.6 is 0 Å². The molecule has 0 spiro atoms. The Morgan fingerprint density at radius 3 is 2.00 bits per heavy atom. The predicted molar refractivity (Wildman–Crippen MR) is 102 cm³/mol. The summed E-state index contributed by atoms with van der Waals surface area (Å²) in [5.41, 5.74) is -0.412. The molecule has 0 heterocycles. The Labute approximate surface area is 154 Å². The van der Waals surface area contributed by atoms with Crippen LogP contribution in [0.5, 0.6) is 0 Å². The summed E-state index contributed by atoms with van der Waals surface area (Å²) in [7, 11) is 0. The molecule has 4 nitrogen and oxygen atoms in total. The molecular formula is C21H38O4. The Hall–Kier alpha value is -1.32. The average molecular weight is 355 g/mol. The molecule has 0 aliphatic carbocycles. The zero-order valence-corrected chi connectivity index (χ0v) is 16.8. The van der Waals surface area contributed by atoms with Crippen molar-refractivity contribution in [3.8, 4) is 0 Å². The van der Waals surface area contributed by atoms with Crippen LogP contribution in [-0.2, 0) is 19.1 Å². The van der Waals surface area contributed by atoms with E-state index in [4.69, 9.17) is 9.47 Å². The molecule has 0 aromatic rings. The minimum atomic E-state index is -0.412. The minimum Gasteiger partial charge on any atom is -0.461 e. The third-order valence-electron chi connectivity index (χ3n) is 3.66. The topological polar surface area (TPSA) is 52.6 Å². The molecule has 0 rings (SSSR count). The molecule has 25 heavy (non-hydrogen) atoms. The summed E-state index contributed by atoms with van der Waals surface area (Å²) in [6.45, 7) is 8.20. The summed E-state index contributed by atoms with van der Waals surface area (Å²) in [6.07, 6.45) is 14.5. The van der Waals surface area contributed by atoms with E-state index in [1.165, 1.54) is 25.7 Å². The second kappa shape index (κ2) is 15.0. The van der Waals surface area contributed by atoms with E-state index in [2.05, 4.69) is 13.0 Å². The fraction of sp³-hybridized carbons (Fsp3) is 0.810.